The minimum absolute atomic E-state index is 0.373. The standard InChI is InChI=1S/C19H17ClN4/c20-16-6-2-4-8-18(16)24-19(14-9-11-23(13-21)12-10-14)15-5-1-3-7-17(15)22-24/h1-8,14H,9-12H2. The first kappa shape index (κ1) is 15.0. The van der Waals surface area contributed by atoms with Crippen molar-refractivity contribution in [2.24, 2.45) is 0 Å². The molecule has 0 bridgehead atoms. The number of nitrogens with zero attached hydrogens (tertiary/aromatic N) is 4. The van der Waals surface area contributed by atoms with Crippen LogP contribution in [0.3, 0.4) is 0 Å². The lowest BCUT2D eigenvalue weighted by Gasteiger charge is -2.28. The van der Waals surface area contributed by atoms with Gasteiger partial charge in [-0.25, -0.2) is 4.68 Å². The van der Waals surface area contributed by atoms with E-state index in [1.807, 2.05) is 46.0 Å². The Morgan fingerprint density at radius 3 is 2.50 bits per heavy atom. The molecule has 4 nitrogen and oxygen atoms in total. The fourth-order valence-electron chi connectivity index (χ4n) is 3.51. The van der Waals surface area contributed by atoms with Gasteiger partial charge >= 0.3 is 0 Å². The minimum atomic E-state index is 0.373. The highest BCUT2D eigenvalue weighted by molar-refractivity contribution is 6.32. The van der Waals surface area contributed by atoms with Crippen molar-refractivity contribution >= 4 is 22.5 Å². The van der Waals surface area contributed by atoms with Crippen LogP contribution in [0.5, 0.6) is 0 Å². The fraction of sp³-hybridized carbons (Fsp3) is 0.263. The van der Waals surface area contributed by atoms with Crippen LogP contribution in [-0.4, -0.2) is 27.8 Å². The molecule has 0 atom stereocenters. The van der Waals surface area contributed by atoms with Crippen LogP contribution in [0, 0.1) is 11.5 Å². The van der Waals surface area contributed by atoms with E-state index in [1.165, 1.54) is 11.1 Å². The van der Waals surface area contributed by atoms with Crippen molar-refractivity contribution in [2.45, 2.75) is 18.8 Å². The van der Waals surface area contributed by atoms with E-state index in [4.69, 9.17) is 22.0 Å². The largest absolute Gasteiger partial charge is 0.311 e. The van der Waals surface area contributed by atoms with Gasteiger partial charge in [-0.2, -0.15) is 10.4 Å². The molecule has 0 spiro atoms. The summed E-state index contributed by atoms with van der Waals surface area (Å²) in [5.41, 5.74) is 3.10. The molecule has 1 aliphatic heterocycles. The summed E-state index contributed by atoms with van der Waals surface area (Å²) >= 11 is 6.43. The molecule has 3 aromatic rings. The van der Waals surface area contributed by atoms with Crippen molar-refractivity contribution in [3.63, 3.8) is 0 Å². The van der Waals surface area contributed by atoms with Gasteiger partial charge in [0.2, 0.25) is 0 Å². The van der Waals surface area contributed by atoms with E-state index in [9.17, 15) is 0 Å². The molecule has 0 N–H and O–H groups in total. The molecule has 1 aliphatic rings. The number of benzene rings is 2. The predicted octanol–water partition coefficient (Wildman–Crippen LogP) is 4.34. The molecule has 2 heterocycles. The van der Waals surface area contributed by atoms with E-state index in [1.54, 1.807) is 0 Å². The van der Waals surface area contributed by atoms with E-state index in [0.29, 0.717) is 10.9 Å². The van der Waals surface area contributed by atoms with Crippen LogP contribution < -0.4 is 0 Å². The van der Waals surface area contributed by atoms with Gasteiger partial charge in [0.05, 0.1) is 21.9 Å². The van der Waals surface area contributed by atoms with Gasteiger partial charge in [0.15, 0.2) is 6.19 Å². The van der Waals surface area contributed by atoms with Gasteiger partial charge in [-0.3, -0.25) is 0 Å². The predicted molar refractivity (Wildman–Crippen MR) is 95.2 cm³/mol. The number of halogens is 1. The smallest absolute Gasteiger partial charge is 0.179 e. The summed E-state index contributed by atoms with van der Waals surface area (Å²) in [5, 5.41) is 15.8. The van der Waals surface area contributed by atoms with Gasteiger partial charge in [-0.1, -0.05) is 41.9 Å². The zero-order valence-corrected chi connectivity index (χ0v) is 13.9. The maximum Gasteiger partial charge on any atom is 0.179 e. The molecule has 1 aromatic heterocycles. The van der Waals surface area contributed by atoms with Crippen LogP contribution in [0.2, 0.25) is 5.02 Å². The summed E-state index contributed by atoms with van der Waals surface area (Å²) in [6, 6.07) is 16.0. The average Bonchev–Trinajstić information content (AvgIpc) is 3.01. The van der Waals surface area contributed by atoms with Crippen LogP contribution in [0.15, 0.2) is 48.5 Å². The lowest BCUT2D eigenvalue weighted by molar-refractivity contribution is 0.291. The number of hydrogen-bond acceptors (Lipinski definition) is 3. The molecule has 0 saturated carbocycles. The van der Waals surface area contributed by atoms with E-state index in [2.05, 4.69) is 18.3 Å². The Hall–Kier alpha value is -2.51. The molecule has 0 amide bonds. The van der Waals surface area contributed by atoms with Crippen LogP contribution in [0.1, 0.15) is 24.5 Å². The minimum Gasteiger partial charge on any atom is -0.311 e. The van der Waals surface area contributed by atoms with Crippen LogP contribution in [-0.2, 0) is 0 Å². The zero-order chi connectivity index (χ0) is 16.5. The van der Waals surface area contributed by atoms with E-state index in [-0.39, 0.29) is 0 Å². The monoisotopic (exact) mass is 336 g/mol. The Morgan fingerprint density at radius 2 is 1.75 bits per heavy atom. The Bertz CT molecular complexity index is 917. The molecule has 120 valence electrons. The average molecular weight is 337 g/mol. The first-order valence-corrected chi connectivity index (χ1v) is 8.53. The molecule has 0 aliphatic carbocycles. The number of likely N-dealkylation sites (tertiary alicyclic amines) is 1. The molecule has 1 saturated heterocycles. The summed E-state index contributed by atoms with van der Waals surface area (Å²) in [7, 11) is 0. The third kappa shape index (κ3) is 2.51. The summed E-state index contributed by atoms with van der Waals surface area (Å²) < 4.78 is 2.00. The lowest BCUT2D eigenvalue weighted by atomic mass is 9.91. The normalized spacial score (nSPS) is 15.6. The quantitative estimate of drug-likeness (QED) is 0.654. The van der Waals surface area contributed by atoms with Gasteiger partial charge in [0.25, 0.3) is 0 Å². The molecule has 1 fully saturated rings. The van der Waals surface area contributed by atoms with Crippen molar-refractivity contribution in [2.75, 3.05) is 13.1 Å². The first-order valence-electron chi connectivity index (χ1n) is 8.15. The topological polar surface area (TPSA) is 44.9 Å². The second kappa shape index (κ2) is 6.18. The maximum absolute atomic E-state index is 9.09. The molecule has 0 radical (unpaired) electrons. The number of piperidine rings is 1. The van der Waals surface area contributed by atoms with Crippen LogP contribution >= 0.6 is 11.6 Å². The third-order valence-corrected chi connectivity index (χ3v) is 5.04. The molecule has 24 heavy (non-hydrogen) atoms. The van der Waals surface area contributed by atoms with E-state index < -0.39 is 0 Å². The zero-order valence-electron chi connectivity index (χ0n) is 13.2. The van der Waals surface area contributed by atoms with Crippen molar-refractivity contribution in [1.29, 1.82) is 5.26 Å². The Kier molecular flexibility index (Phi) is 3.87. The second-order valence-corrected chi connectivity index (χ2v) is 6.53. The summed E-state index contributed by atoms with van der Waals surface area (Å²) in [4.78, 5) is 1.83. The molecule has 2 aromatic carbocycles. The number of rotatable bonds is 2. The lowest BCUT2D eigenvalue weighted by Crippen LogP contribution is -2.29. The van der Waals surface area contributed by atoms with Gasteiger partial charge < -0.3 is 4.90 Å². The summed E-state index contributed by atoms with van der Waals surface area (Å²) in [5.74, 6) is 0.373. The SMILES string of the molecule is N#CN1CCC(c2c3ccccc3nn2-c2ccccc2Cl)CC1. The number of hydrogen-bond donors (Lipinski definition) is 0. The molecule has 0 unspecified atom stereocenters. The number of aromatic nitrogens is 2. The van der Waals surface area contributed by atoms with Crippen molar-refractivity contribution < 1.29 is 0 Å². The van der Waals surface area contributed by atoms with Gasteiger partial charge in [-0.05, 0) is 31.0 Å². The van der Waals surface area contributed by atoms with Gasteiger partial charge in [-0.15, -0.1) is 0 Å². The van der Waals surface area contributed by atoms with Crippen molar-refractivity contribution in [3.8, 4) is 11.9 Å². The third-order valence-electron chi connectivity index (χ3n) is 4.72. The Morgan fingerprint density at radius 1 is 1.04 bits per heavy atom. The Labute approximate surface area is 145 Å². The summed E-state index contributed by atoms with van der Waals surface area (Å²) in [6.07, 6.45) is 4.16. The maximum atomic E-state index is 9.09. The van der Waals surface area contributed by atoms with E-state index >= 15 is 0 Å². The molecular weight excluding hydrogens is 320 g/mol. The second-order valence-electron chi connectivity index (χ2n) is 6.13. The molecule has 4 rings (SSSR count). The fourth-order valence-corrected chi connectivity index (χ4v) is 3.72. The van der Waals surface area contributed by atoms with Crippen LogP contribution in [0.25, 0.3) is 16.6 Å². The van der Waals surface area contributed by atoms with Crippen LogP contribution in [0.4, 0.5) is 0 Å². The van der Waals surface area contributed by atoms with Gasteiger partial charge in [0.1, 0.15) is 0 Å². The molecule has 5 heteroatoms. The number of fused-ring (bicyclic) bond motifs is 1. The highest BCUT2D eigenvalue weighted by atomic mass is 35.5. The highest BCUT2D eigenvalue weighted by Crippen LogP contribution is 2.35. The first-order chi connectivity index (χ1) is 11.8. The Balaban J connectivity index is 1.86. The van der Waals surface area contributed by atoms with Crippen molar-refractivity contribution in [3.05, 3.63) is 59.2 Å². The number of nitriles is 1. The highest BCUT2D eigenvalue weighted by Gasteiger charge is 2.26. The van der Waals surface area contributed by atoms with E-state index in [0.717, 1.165) is 37.1 Å². The number of para-hydroxylation sites is 1. The summed E-state index contributed by atoms with van der Waals surface area (Å²) in [6.45, 7) is 1.59. The van der Waals surface area contributed by atoms with Crippen molar-refractivity contribution in [1.82, 2.24) is 14.7 Å². The van der Waals surface area contributed by atoms with Gasteiger partial charge in [0, 0.05) is 24.4 Å². The molecular formula is C19H17ClN4.